The number of carbonyl (C=O) groups is 1. The minimum Gasteiger partial charge on any atom is -0.338 e. The molecule has 4 unspecified atom stereocenters. The fraction of sp³-hybridized carbons (Fsp3) is 0.462. The van der Waals surface area contributed by atoms with Gasteiger partial charge in [-0.1, -0.05) is 6.07 Å². The summed E-state index contributed by atoms with van der Waals surface area (Å²) in [4.78, 5) is 11.7. The minimum absolute atomic E-state index is 0.0570. The van der Waals surface area contributed by atoms with E-state index in [9.17, 15) is 18.0 Å². The molecule has 3 N–H and O–H groups in total. The van der Waals surface area contributed by atoms with Gasteiger partial charge in [-0.15, -0.1) is 11.8 Å². The van der Waals surface area contributed by atoms with Gasteiger partial charge in [-0.2, -0.15) is 0 Å². The summed E-state index contributed by atoms with van der Waals surface area (Å²) in [7, 11) is 0. The van der Waals surface area contributed by atoms with E-state index in [1.54, 1.807) is 0 Å². The molecule has 2 saturated heterocycles. The lowest BCUT2D eigenvalue weighted by Crippen LogP contribution is -2.46. The average molecular weight is 317 g/mol. The van der Waals surface area contributed by atoms with Crippen LogP contribution in [0, 0.1) is 23.4 Å². The summed E-state index contributed by atoms with van der Waals surface area (Å²) < 4.78 is 40.7. The van der Waals surface area contributed by atoms with Crippen LogP contribution >= 0.6 is 11.8 Å². The van der Waals surface area contributed by atoms with Crippen molar-refractivity contribution in [3.8, 4) is 0 Å². The van der Waals surface area contributed by atoms with E-state index in [4.69, 9.17) is 0 Å². The molecule has 21 heavy (non-hydrogen) atoms. The second-order valence-corrected chi connectivity index (χ2v) is 6.33. The second-order valence-electron chi connectivity index (χ2n) is 5.20. The molecule has 0 aromatic heterocycles. The van der Waals surface area contributed by atoms with Crippen LogP contribution in [0.5, 0.6) is 0 Å². The Hall–Kier alpha value is -1.25. The Kier molecular flexibility index (Phi) is 3.85. The molecule has 0 bridgehead atoms. The zero-order valence-corrected chi connectivity index (χ0v) is 11.9. The standard InChI is InChI=1S/C13H14F3N3OS/c1-5-9-12(6-2-3-7(14)11(16)10(6)15)21-4-8(20)17-13(9)19-18-5/h2-3,5,9,12-13,18-19H,4H2,1H3,(H,17,20). The first-order chi connectivity index (χ1) is 9.99. The summed E-state index contributed by atoms with van der Waals surface area (Å²) in [5.74, 6) is -4.08. The quantitative estimate of drug-likeness (QED) is 0.686. The molecular formula is C13H14F3N3OS. The van der Waals surface area contributed by atoms with E-state index >= 15 is 0 Å². The summed E-state index contributed by atoms with van der Waals surface area (Å²) in [6.07, 6.45) is -0.375. The van der Waals surface area contributed by atoms with Gasteiger partial charge in [-0.25, -0.2) is 18.6 Å². The second kappa shape index (κ2) is 5.51. The van der Waals surface area contributed by atoms with Crippen molar-refractivity contribution in [3.63, 3.8) is 0 Å². The average Bonchev–Trinajstić information content (AvgIpc) is 2.70. The van der Waals surface area contributed by atoms with Crippen molar-refractivity contribution in [3.05, 3.63) is 35.1 Å². The fourth-order valence-electron chi connectivity index (χ4n) is 2.82. The van der Waals surface area contributed by atoms with Gasteiger partial charge in [0, 0.05) is 22.8 Å². The highest BCUT2D eigenvalue weighted by Gasteiger charge is 2.43. The lowest BCUT2D eigenvalue weighted by molar-refractivity contribution is -0.119. The highest BCUT2D eigenvalue weighted by atomic mass is 32.2. The maximum Gasteiger partial charge on any atom is 0.231 e. The van der Waals surface area contributed by atoms with Crippen LogP contribution in [0.4, 0.5) is 13.2 Å². The van der Waals surface area contributed by atoms with Crippen LogP contribution in [0.1, 0.15) is 17.7 Å². The van der Waals surface area contributed by atoms with Crippen LogP contribution in [-0.4, -0.2) is 23.9 Å². The predicted molar refractivity (Wildman–Crippen MR) is 72.7 cm³/mol. The molecule has 0 saturated carbocycles. The normalized spacial score (nSPS) is 32.5. The van der Waals surface area contributed by atoms with Gasteiger partial charge >= 0.3 is 0 Å². The topological polar surface area (TPSA) is 53.2 Å². The summed E-state index contributed by atoms with van der Waals surface area (Å²) in [6.45, 7) is 1.89. The minimum atomic E-state index is -1.47. The van der Waals surface area contributed by atoms with Gasteiger partial charge < -0.3 is 5.32 Å². The molecule has 2 aliphatic rings. The number of halogens is 3. The number of rotatable bonds is 1. The first-order valence-corrected chi connectivity index (χ1v) is 7.59. The molecule has 2 fully saturated rings. The molecule has 114 valence electrons. The van der Waals surface area contributed by atoms with Crippen LogP contribution in [0.25, 0.3) is 0 Å². The van der Waals surface area contributed by atoms with Crippen molar-refractivity contribution in [2.24, 2.45) is 5.92 Å². The Labute approximate surface area is 123 Å². The van der Waals surface area contributed by atoms with Crippen molar-refractivity contribution in [1.29, 1.82) is 0 Å². The number of amides is 1. The van der Waals surface area contributed by atoms with Gasteiger partial charge in [0.25, 0.3) is 0 Å². The third-order valence-electron chi connectivity index (χ3n) is 3.86. The molecule has 2 aliphatic heterocycles. The third-order valence-corrected chi connectivity index (χ3v) is 5.22. The van der Waals surface area contributed by atoms with Crippen LogP contribution in [0.2, 0.25) is 0 Å². The highest BCUT2D eigenvalue weighted by Crippen LogP contribution is 2.43. The summed E-state index contributed by atoms with van der Waals surface area (Å²) in [6, 6.07) is 2.12. The van der Waals surface area contributed by atoms with Gasteiger partial charge in [-0.05, 0) is 13.0 Å². The molecule has 0 aliphatic carbocycles. The van der Waals surface area contributed by atoms with E-state index in [0.29, 0.717) is 0 Å². The summed E-state index contributed by atoms with van der Waals surface area (Å²) >= 11 is 1.23. The Morgan fingerprint density at radius 2 is 1.95 bits per heavy atom. The third kappa shape index (κ3) is 2.51. The summed E-state index contributed by atoms with van der Waals surface area (Å²) in [5.41, 5.74) is 6.01. The Balaban J connectivity index is 2.03. The lowest BCUT2D eigenvalue weighted by atomic mass is 9.91. The van der Waals surface area contributed by atoms with E-state index < -0.39 is 22.7 Å². The number of thioether (sulfide) groups is 1. The zero-order valence-electron chi connectivity index (χ0n) is 11.1. The molecule has 1 aromatic carbocycles. The maximum absolute atomic E-state index is 14.1. The maximum atomic E-state index is 14.1. The largest absolute Gasteiger partial charge is 0.338 e. The molecule has 4 nitrogen and oxygen atoms in total. The number of hydrogen-bond acceptors (Lipinski definition) is 4. The zero-order chi connectivity index (χ0) is 15.1. The first kappa shape index (κ1) is 14.7. The Morgan fingerprint density at radius 3 is 2.71 bits per heavy atom. The molecule has 0 spiro atoms. The SMILES string of the molecule is CC1NNC2NC(=O)CSC(c3ccc(F)c(F)c3F)C12. The molecule has 1 amide bonds. The predicted octanol–water partition coefficient (Wildman–Crippen LogP) is 1.45. The van der Waals surface area contributed by atoms with Crippen LogP contribution in [-0.2, 0) is 4.79 Å². The van der Waals surface area contributed by atoms with Crippen LogP contribution in [0.15, 0.2) is 12.1 Å². The van der Waals surface area contributed by atoms with E-state index in [1.165, 1.54) is 17.8 Å². The van der Waals surface area contributed by atoms with E-state index in [1.807, 2.05) is 6.92 Å². The van der Waals surface area contributed by atoms with Crippen molar-refractivity contribution in [2.75, 3.05) is 5.75 Å². The number of fused-ring (bicyclic) bond motifs is 1. The van der Waals surface area contributed by atoms with Crippen LogP contribution in [0.3, 0.4) is 0 Å². The number of benzene rings is 1. The van der Waals surface area contributed by atoms with Crippen LogP contribution < -0.4 is 16.2 Å². The van der Waals surface area contributed by atoms with Gasteiger partial charge in [0.2, 0.25) is 5.91 Å². The van der Waals surface area contributed by atoms with Crippen molar-refractivity contribution >= 4 is 17.7 Å². The number of carbonyl (C=O) groups excluding carboxylic acids is 1. The van der Waals surface area contributed by atoms with E-state index in [-0.39, 0.29) is 35.3 Å². The van der Waals surface area contributed by atoms with E-state index in [0.717, 1.165) is 6.07 Å². The smallest absolute Gasteiger partial charge is 0.231 e. The van der Waals surface area contributed by atoms with Crippen molar-refractivity contribution in [2.45, 2.75) is 24.4 Å². The highest BCUT2D eigenvalue weighted by molar-refractivity contribution is 8.00. The Morgan fingerprint density at radius 1 is 1.19 bits per heavy atom. The van der Waals surface area contributed by atoms with Crippen molar-refractivity contribution < 1.29 is 18.0 Å². The lowest BCUT2D eigenvalue weighted by Gasteiger charge is -2.27. The molecule has 3 rings (SSSR count). The fourth-order valence-corrected chi connectivity index (χ4v) is 4.21. The molecule has 4 atom stereocenters. The molecule has 0 radical (unpaired) electrons. The summed E-state index contributed by atoms with van der Waals surface area (Å²) in [5, 5.41) is 2.34. The number of nitrogens with one attached hydrogen (secondary N) is 3. The first-order valence-electron chi connectivity index (χ1n) is 6.54. The monoisotopic (exact) mass is 317 g/mol. The van der Waals surface area contributed by atoms with E-state index in [2.05, 4.69) is 16.2 Å². The Bertz CT molecular complexity index is 586. The van der Waals surface area contributed by atoms with Gasteiger partial charge in [0.1, 0.15) is 0 Å². The van der Waals surface area contributed by atoms with Gasteiger partial charge in [0.15, 0.2) is 17.5 Å². The van der Waals surface area contributed by atoms with Crippen molar-refractivity contribution in [1.82, 2.24) is 16.2 Å². The molecule has 1 aromatic rings. The van der Waals surface area contributed by atoms with Gasteiger partial charge in [0.05, 0.1) is 11.9 Å². The molecular weight excluding hydrogens is 303 g/mol. The number of hydrazine groups is 1. The molecule has 2 heterocycles. The molecule has 8 heteroatoms. The van der Waals surface area contributed by atoms with Gasteiger partial charge in [-0.3, -0.25) is 10.2 Å². The number of hydrogen-bond donors (Lipinski definition) is 3.